The largest absolute Gasteiger partial charge is 0.352 e. The molecule has 4 aromatic heterocycles. The fraction of sp³-hybridized carbons (Fsp3) is 0.320. The average molecular weight is 445 g/mol. The van der Waals surface area contributed by atoms with Crippen molar-refractivity contribution >= 4 is 22.6 Å². The Morgan fingerprint density at radius 3 is 2.67 bits per heavy atom. The Hall–Kier alpha value is -3.81. The van der Waals surface area contributed by atoms with Crippen LogP contribution in [0.1, 0.15) is 54.1 Å². The molecule has 0 radical (unpaired) electrons. The first-order valence-corrected chi connectivity index (χ1v) is 11.3. The van der Waals surface area contributed by atoms with Crippen LogP contribution in [0, 0.1) is 12.3 Å². The zero-order valence-electron chi connectivity index (χ0n) is 19.0. The Morgan fingerprint density at radius 1 is 1.12 bits per heavy atom. The number of pyridine rings is 3. The Labute approximate surface area is 191 Å². The summed E-state index contributed by atoms with van der Waals surface area (Å²) in [7, 11) is 0. The molecule has 8 nitrogen and oxygen atoms in total. The Kier molecular flexibility index (Phi) is 6.63. The third kappa shape index (κ3) is 4.55. The fourth-order valence-corrected chi connectivity index (χ4v) is 3.94. The van der Waals surface area contributed by atoms with E-state index in [1.807, 2.05) is 25.1 Å². The van der Waals surface area contributed by atoms with Crippen LogP contribution in [0.4, 0.5) is 0 Å². The van der Waals surface area contributed by atoms with Gasteiger partial charge in [-0.1, -0.05) is 32.3 Å². The first-order valence-electron chi connectivity index (χ1n) is 11.3. The highest BCUT2D eigenvalue weighted by molar-refractivity contribution is 5.96. The summed E-state index contributed by atoms with van der Waals surface area (Å²) in [6.07, 6.45) is 9.19. The lowest BCUT2D eigenvalue weighted by Crippen LogP contribution is -2.35. The van der Waals surface area contributed by atoms with Crippen molar-refractivity contribution in [2.24, 2.45) is 0 Å². The number of hydrogen-bond acceptors (Lipinski definition) is 5. The molecule has 0 aliphatic carbocycles. The van der Waals surface area contributed by atoms with E-state index in [1.165, 1.54) is 10.5 Å². The van der Waals surface area contributed by atoms with E-state index in [2.05, 4.69) is 17.2 Å². The van der Waals surface area contributed by atoms with Gasteiger partial charge in [0.15, 0.2) is 0 Å². The van der Waals surface area contributed by atoms with Gasteiger partial charge in [0.25, 0.3) is 11.5 Å². The van der Waals surface area contributed by atoms with Gasteiger partial charge in [0.1, 0.15) is 16.8 Å². The number of carbonyl (C=O) groups is 1. The van der Waals surface area contributed by atoms with E-state index in [1.54, 1.807) is 29.2 Å². The average Bonchev–Trinajstić information content (AvgIpc) is 2.82. The van der Waals surface area contributed by atoms with Crippen molar-refractivity contribution in [2.75, 3.05) is 6.54 Å². The summed E-state index contributed by atoms with van der Waals surface area (Å²) in [4.78, 5) is 35.2. The minimum atomic E-state index is -0.351. The highest BCUT2D eigenvalue weighted by Crippen LogP contribution is 2.14. The second kappa shape index (κ2) is 9.77. The molecule has 0 saturated carbocycles. The van der Waals surface area contributed by atoms with Crippen molar-refractivity contribution < 1.29 is 4.79 Å². The van der Waals surface area contributed by atoms with E-state index in [9.17, 15) is 9.59 Å². The molecule has 0 saturated heterocycles. The number of carbonyl (C=O) groups excluding carboxylic acids is 1. The molecule has 0 spiro atoms. The normalized spacial score (nSPS) is 11.2. The SMILES string of the molecule is CCCCCCNC(=O)c1cc2c(=O)n3cccc(C)c3nc2n(Cc2ccncc2)c1=N. The summed E-state index contributed by atoms with van der Waals surface area (Å²) in [6.45, 7) is 4.86. The van der Waals surface area contributed by atoms with Crippen LogP contribution in [0.5, 0.6) is 0 Å². The standard InChI is InChI=1S/C25H28N6O2/c1-3-4-5-6-11-28-24(32)19-15-20-23(29-22-17(2)8-7-14-30(22)25(20)33)31(21(19)26)16-18-9-12-27-13-10-18/h7-10,12-15,26H,3-6,11,16H2,1-2H3,(H,28,32). The van der Waals surface area contributed by atoms with E-state index in [0.717, 1.165) is 36.8 Å². The van der Waals surface area contributed by atoms with Gasteiger partial charge in [0.05, 0.1) is 17.5 Å². The maximum atomic E-state index is 13.4. The third-order valence-electron chi connectivity index (χ3n) is 5.78. The van der Waals surface area contributed by atoms with Crippen LogP contribution in [0.15, 0.2) is 53.7 Å². The van der Waals surface area contributed by atoms with Crippen molar-refractivity contribution in [3.8, 4) is 0 Å². The van der Waals surface area contributed by atoms with Crippen molar-refractivity contribution in [3.05, 3.63) is 81.5 Å². The molecule has 8 heteroatoms. The molecule has 0 atom stereocenters. The zero-order chi connectivity index (χ0) is 23.4. The van der Waals surface area contributed by atoms with Crippen molar-refractivity contribution in [1.82, 2.24) is 24.3 Å². The summed E-state index contributed by atoms with van der Waals surface area (Å²) in [6, 6.07) is 8.88. The van der Waals surface area contributed by atoms with Crippen molar-refractivity contribution in [3.63, 3.8) is 0 Å². The Bertz CT molecular complexity index is 1420. The van der Waals surface area contributed by atoms with Crippen LogP contribution >= 0.6 is 0 Å². The zero-order valence-corrected chi connectivity index (χ0v) is 19.0. The molecule has 4 aromatic rings. The van der Waals surface area contributed by atoms with Gasteiger partial charge in [0, 0.05) is 25.1 Å². The second-order valence-corrected chi connectivity index (χ2v) is 8.20. The smallest absolute Gasteiger partial charge is 0.267 e. The third-order valence-corrected chi connectivity index (χ3v) is 5.78. The summed E-state index contributed by atoms with van der Waals surface area (Å²) >= 11 is 0. The van der Waals surface area contributed by atoms with Gasteiger partial charge >= 0.3 is 0 Å². The molecule has 2 N–H and O–H groups in total. The number of aryl methyl sites for hydroxylation is 1. The van der Waals surface area contributed by atoms with Gasteiger partial charge in [-0.15, -0.1) is 0 Å². The van der Waals surface area contributed by atoms with E-state index in [0.29, 0.717) is 29.8 Å². The van der Waals surface area contributed by atoms with Crippen LogP contribution < -0.4 is 16.4 Å². The van der Waals surface area contributed by atoms with Gasteiger partial charge in [-0.2, -0.15) is 0 Å². The van der Waals surface area contributed by atoms with Crippen LogP contribution in [0.3, 0.4) is 0 Å². The van der Waals surface area contributed by atoms with Gasteiger partial charge in [0.2, 0.25) is 0 Å². The number of fused-ring (bicyclic) bond motifs is 2. The Morgan fingerprint density at radius 2 is 1.91 bits per heavy atom. The molecule has 0 aliphatic rings. The minimum absolute atomic E-state index is 0.0233. The molecule has 170 valence electrons. The molecular formula is C25H28N6O2. The highest BCUT2D eigenvalue weighted by atomic mass is 16.1. The summed E-state index contributed by atoms with van der Waals surface area (Å²) in [5.74, 6) is -0.351. The van der Waals surface area contributed by atoms with E-state index < -0.39 is 0 Å². The first kappa shape index (κ1) is 22.4. The van der Waals surface area contributed by atoms with Crippen molar-refractivity contribution in [2.45, 2.75) is 46.1 Å². The van der Waals surface area contributed by atoms with Gasteiger partial charge in [-0.25, -0.2) is 4.98 Å². The number of rotatable bonds is 8. The maximum Gasteiger partial charge on any atom is 0.267 e. The van der Waals surface area contributed by atoms with E-state index in [4.69, 9.17) is 10.4 Å². The molecule has 0 fully saturated rings. The maximum absolute atomic E-state index is 13.4. The highest BCUT2D eigenvalue weighted by Gasteiger charge is 2.18. The predicted molar refractivity (Wildman–Crippen MR) is 127 cm³/mol. The number of unbranched alkanes of at least 4 members (excludes halogenated alkanes) is 3. The van der Waals surface area contributed by atoms with Gasteiger partial charge < -0.3 is 9.88 Å². The molecular weight excluding hydrogens is 416 g/mol. The number of amides is 1. The predicted octanol–water partition coefficient (Wildman–Crippen LogP) is 3.19. The first-order chi connectivity index (χ1) is 16.0. The number of hydrogen-bond donors (Lipinski definition) is 2. The van der Waals surface area contributed by atoms with E-state index >= 15 is 0 Å². The van der Waals surface area contributed by atoms with Crippen LogP contribution in [0.25, 0.3) is 16.7 Å². The summed E-state index contributed by atoms with van der Waals surface area (Å²) in [5, 5.41) is 12.0. The molecule has 1 amide bonds. The van der Waals surface area contributed by atoms with Gasteiger partial charge in [-0.3, -0.25) is 24.4 Å². The monoisotopic (exact) mass is 444 g/mol. The Balaban J connectivity index is 1.87. The van der Waals surface area contributed by atoms with Crippen LogP contribution in [-0.2, 0) is 6.54 Å². The van der Waals surface area contributed by atoms with Crippen LogP contribution in [0.2, 0.25) is 0 Å². The molecule has 0 aliphatic heterocycles. The molecule has 0 unspecified atom stereocenters. The molecule has 0 bridgehead atoms. The summed E-state index contributed by atoms with van der Waals surface area (Å²) < 4.78 is 3.12. The minimum Gasteiger partial charge on any atom is -0.352 e. The summed E-state index contributed by atoms with van der Waals surface area (Å²) in [5.41, 5.74) is 2.59. The quantitative estimate of drug-likeness (QED) is 0.322. The lowest BCUT2D eigenvalue weighted by Gasteiger charge is -2.15. The molecule has 4 heterocycles. The number of aromatic nitrogens is 4. The van der Waals surface area contributed by atoms with Gasteiger partial charge in [-0.05, 0) is 48.7 Å². The van der Waals surface area contributed by atoms with Crippen LogP contribution in [-0.4, -0.2) is 31.4 Å². The lowest BCUT2D eigenvalue weighted by molar-refractivity contribution is 0.0950. The molecule has 4 rings (SSSR count). The van der Waals surface area contributed by atoms with Crippen molar-refractivity contribution in [1.29, 1.82) is 5.41 Å². The topological polar surface area (TPSA) is 105 Å². The van der Waals surface area contributed by atoms with E-state index in [-0.39, 0.29) is 22.5 Å². The fourth-order valence-electron chi connectivity index (χ4n) is 3.94. The number of nitrogens with one attached hydrogen (secondary N) is 2. The second-order valence-electron chi connectivity index (χ2n) is 8.20. The lowest BCUT2D eigenvalue weighted by atomic mass is 10.1. The number of nitrogens with zero attached hydrogens (tertiary/aromatic N) is 4. The molecule has 0 aromatic carbocycles. The molecule has 33 heavy (non-hydrogen) atoms.